The summed E-state index contributed by atoms with van der Waals surface area (Å²) in [5.74, 6) is -0.825. The summed E-state index contributed by atoms with van der Waals surface area (Å²) in [6, 6.07) is 5.61. The fraction of sp³-hybridized carbons (Fsp3) is 0.560. The van der Waals surface area contributed by atoms with Crippen molar-refractivity contribution < 1.29 is 31.5 Å². The molecule has 2 fully saturated rings. The van der Waals surface area contributed by atoms with Gasteiger partial charge in [-0.2, -0.15) is 13.2 Å². The molecule has 3 N–H and O–H groups in total. The summed E-state index contributed by atoms with van der Waals surface area (Å²) in [4.78, 5) is 23.0. The maximum Gasteiger partial charge on any atom is 0.422 e. The number of aliphatic hydroxyl groups is 1. The number of nitrogens with one attached hydrogen (secondary N) is 2. The summed E-state index contributed by atoms with van der Waals surface area (Å²) in [6.45, 7) is 6.65. The molecule has 13 heteroatoms. The van der Waals surface area contributed by atoms with Crippen molar-refractivity contribution in [3.05, 3.63) is 41.9 Å². The molecule has 1 aromatic heterocycles. The zero-order chi connectivity index (χ0) is 28.1. The molecule has 2 heterocycles. The van der Waals surface area contributed by atoms with Gasteiger partial charge in [0.05, 0.1) is 11.1 Å². The highest BCUT2D eigenvalue weighted by molar-refractivity contribution is 7.89. The third-order valence-electron chi connectivity index (χ3n) is 6.94. The summed E-state index contributed by atoms with van der Waals surface area (Å²) in [6.07, 6.45) is -0.424. The van der Waals surface area contributed by atoms with Gasteiger partial charge >= 0.3 is 6.18 Å². The summed E-state index contributed by atoms with van der Waals surface area (Å²) < 4.78 is 68.5. The first-order valence-corrected chi connectivity index (χ1v) is 13.8. The number of nitrogens with zero attached hydrogens (tertiary/aromatic N) is 3. The SMILES string of the molecule is CC(C)(C)NS(=O)(=O)c1cccc(NC(=O)c2ncc([C@](C)(O)C(F)(F)F)nc2N2CCC3(CC2)CC3)c1. The number of rotatable bonds is 6. The number of halogens is 3. The Hall–Kier alpha value is -2.77. The molecule has 1 aromatic carbocycles. The Morgan fingerprint density at radius 3 is 2.26 bits per heavy atom. The molecule has 1 saturated carbocycles. The van der Waals surface area contributed by atoms with Gasteiger partial charge in [0.2, 0.25) is 15.6 Å². The number of benzene rings is 1. The highest BCUT2D eigenvalue weighted by atomic mass is 32.2. The van der Waals surface area contributed by atoms with E-state index in [4.69, 9.17) is 0 Å². The fourth-order valence-electron chi connectivity index (χ4n) is 4.40. The second-order valence-electron chi connectivity index (χ2n) is 11.3. The van der Waals surface area contributed by atoms with Crippen LogP contribution in [0.1, 0.15) is 69.6 Å². The van der Waals surface area contributed by atoms with E-state index in [1.807, 2.05) is 0 Å². The van der Waals surface area contributed by atoms with Crippen LogP contribution in [-0.2, 0) is 15.6 Å². The van der Waals surface area contributed by atoms with Crippen LogP contribution < -0.4 is 14.9 Å². The Balaban J connectivity index is 1.65. The molecule has 2 aromatic rings. The number of alkyl halides is 3. The van der Waals surface area contributed by atoms with E-state index in [1.54, 1.807) is 25.7 Å². The quantitative estimate of drug-likeness (QED) is 0.493. The van der Waals surface area contributed by atoms with Gasteiger partial charge in [0.25, 0.3) is 5.91 Å². The van der Waals surface area contributed by atoms with E-state index in [-0.39, 0.29) is 27.5 Å². The first-order valence-electron chi connectivity index (χ1n) is 12.3. The van der Waals surface area contributed by atoms with Crippen LogP contribution in [0.2, 0.25) is 0 Å². The van der Waals surface area contributed by atoms with Crippen LogP contribution in [0.4, 0.5) is 24.7 Å². The van der Waals surface area contributed by atoms with E-state index in [9.17, 15) is 31.5 Å². The lowest BCUT2D eigenvalue weighted by Crippen LogP contribution is -2.42. The fourth-order valence-corrected chi connectivity index (χ4v) is 5.87. The number of hydrogen-bond acceptors (Lipinski definition) is 7. The van der Waals surface area contributed by atoms with Crippen LogP contribution >= 0.6 is 0 Å². The van der Waals surface area contributed by atoms with Crippen LogP contribution in [0.15, 0.2) is 35.4 Å². The summed E-state index contributed by atoms with van der Waals surface area (Å²) >= 11 is 0. The second kappa shape index (κ2) is 9.45. The standard InChI is InChI=1S/C25H32F3N5O4S/c1-22(2,3)32-38(36,37)17-7-5-6-16(14-17)30-21(34)19-20(33-12-10-24(8-9-24)11-13-33)31-18(15-29-19)23(4,35)25(26,27)28/h5-7,14-15,32,35H,8-13H2,1-4H3,(H,30,34)/t23-/m0/s1. The molecule has 1 saturated heterocycles. The summed E-state index contributed by atoms with van der Waals surface area (Å²) in [5.41, 5.74) is -4.52. The van der Waals surface area contributed by atoms with Gasteiger partial charge in [-0.15, -0.1) is 0 Å². The van der Waals surface area contributed by atoms with Crippen molar-refractivity contribution in [2.75, 3.05) is 23.3 Å². The van der Waals surface area contributed by atoms with Crippen molar-refractivity contribution in [2.24, 2.45) is 5.41 Å². The maximum absolute atomic E-state index is 13.5. The Bertz CT molecular complexity index is 1330. The van der Waals surface area contributed by atoms with Gasteiger partial charge in [0.15, 0.2) is 11.5 Å². The summed E-state index contributed by atoms with van der Waals surface area (Å²) in [5, 5.41) is 12.8. The minimum Gasteiger partial charge on any atom is -0.375 e. The number of hydrogen-bond donors (Lipinski definition) is 3. The van der Waals surface area contributed by atoms with E-state index in [1.165, 1.54) is 24.3 Å². The normalized spacial score (nSPS) is 19.2. The molecule has 0 radical (unpaired) electrons. The average Bonchev–Trinajstić information content (AvgIpc) is 3.55. The van der Waals surface area contributed by atoms with Gasteiger partial charge in [-0.1, -0.05) is 6.07 Å². The van der Waals surface area contributed by atoms with Crippen molar-refractivity contribution in [2.45, 2.75) is 75.6 Å². The molecule has 0 bridgehead atoms. The van der Waals surface area contributed by atoms with Crippen LogP contribution in [0, 0.1) is 5.41 Å². The predicted molar refractivity (Wildman–Crippen MR) is 135 cm³/mol. The van der Waals surface area contributed by atoms with E-state index in [2.05, 4.69) is 20.0 Å². The highest BCUT2D eigenvalue weighted by Gasteiger charge is 2.53. The molecule has 1 atom stereocenters. The van der Waals surface area contributed by atoms with Gasteiger partial charge in [-0.05, 0) is 77.0 Å². The van der Waals surface area contributed by atoms with Crippen LogP contribution in [0.3, 0.4) is 0 Å². The Morgan fingerprint density at radius 1 is 1.08 bits per heavy atom. The number of aromatic nitrogens is 2. The molecule has 208 valence electrons. The van der Waals surface area contributed by atoms with Crippen molar-refractivity contribution in [1.29, 1.82) is 0 Å². The average molecular weight is 556 g/mol. The van der Waals surface area contributed by atoms with E-state index < -0.39 is 38.9 Å². The monoisotopic (exact) mass is 555 g/mol. The minimum atomic E-state index is -5.00. The lowest BCUT2D eigenvalue weighted by Gasteiger charge is -2.34. The Kier molecular flexibility index (Phi) is 7.03. The molecular weight excluding hydrogens is 523 g/mol. The lowest BCUT2D eigenvalue weighted by atomic mass is 9.93. The van der Waals surface area contributed by atoms with Crippen molar-refractivity contribution in [3.63, 3.8) is 0 Å². The third-order valence-corrected chi connectivity index (χ3v) is 8.70. The highest BCUT2D eigenvalue weighted by Crippen LogP contribution is 2.54. The van der Waals surface area contributed by atoms with Crippen molar-refractivity contribution in [1.82, 2.24) is 14.7 Å². The number of carbonyl (C=O) groups is 1. The first kappa shape index (κ1) is 28.2. The lowest BCUT2D eigenvalue weighted by molar-refractivity contribution is -0.260. The first-order chi connectivity index (χ1) is 17.4. The molecule has 38 heavy (non-hydrogen) atoms. The molecule has 1 aliphatic carbocycles. The Labute approximate surface area is 219 Å². The van der Waals surface area contributed by atoms with Crippen LogP contribution in [0.5, 0.6) is 0 Å². The van der Waals surface area contributed by atoms with E-state index in [0.717, 1.165) is 31.9 Å². The number of carbonyl (C=O) groups excluding carboxylic acids is 1. The Morgan fingerprint density at radius 2 is 1.71 bits per heavy atom. The smallest absolute Gasteiger partial charge is 0.375 e. The third kappa shape index (κ3) is 5.94. The predicted octanol–water partition coefficient (Wildman–Crippen LogP) is 3.96. The molecule has 2 aliphatic rings. The number of sulfonamides is 1. The van der Waals surface area contributed by atoms with Crippen LogP contribution in [0.25, 0.3) is 0 Å². The van der Waals surface area contributed by atoms with Gasteiger partial charge in [-0.25, -0.2) is 23.1 Å². The zero-order valence-corrected chi connectivity index (χ0v) is 22.5. The topological polar surface area (TPSA) is 125 Å². The summed E-state index contributed by atoms with van der Waals surface area (Å²) in [7, 11) is -3.88. The molecular formula is C25H32F3N5O4S. The van der Waals surface area contributed by atoms with E-state index in [0.29, 0.717) is 20.0 Å². The van der Waals surface area contributed by atoms with Gasteiger partial charge in [-0.3, -0.25) is 4.79 Å². The zero-order valence-electron chi connectivity index (χ0n) is 21.7. The minimum absolute atomic E-state index is 0.0572. The molecule has 4 rings (SSSR count). The van der Waals surface area contributed by atoms with Gasteiger partial charge < -0.3 is 15.3 Å². The molecule has 9 nitrogen and oxygen atoms in total. The second-order valence-corrected chi connectivity index (χ2v) is 13.0. The molecule has 0 unspecified atom stereocenters. The van der Waals surface area contributed by atoms with Crippen LogP contribution in [-0.4, -0.2) is 54.2 Å². The number of amides is 1. The largest absolute Gasteiger partial charge is 0.422 e. The van der Waals surface area contributed by atoms with Crippen molar-refractivity contribution in [3.8, 4) is 0 Å². The van der Waals surface area contributed by atoms with Gasteiger partial charge in [0, 0.05) is 24.3 Å². The van der Waals surface area contributed by atoms with Gasteiger partial charge in [0.1, 0.15) is 5.69 Å². The maximum atomic E-state index is 13.5. The van der Waals surface area contributed by atoms with Crippen molar-refractivity contribution >= 4 is 27.4 Å². The van der Waals surface area contributed by atoms with E-state index >= 15 is 0 Å². The molecule has 1 spiro atoms. The number of anilines is 2. The number of piperidine rings is 1. The molecule has 1 aliphatic heterocycles. The molecule has 1 amide bonds.